The van der Waals surface area contributed by atoms with Gasteiger partial charge in [0.1, 0.15) is 12.1 Å². The molecule has 5 atom stereocenters. The standard InChI is InChI=1S/C35H47N5O7.C2H6/c1-21(2)30-32(42)38-23(4)33(43)40-15-7-10-29(39-40)31(41)37-22(3)25-11-12-26-20-36-28(19-27(26)18-25)9-6-8-24(34(44)47-30)13-14-35(5)45-16-17-46-35;1-2/h6,9,11-12,18-24,29-30,39H,7-8,10,13-17H2,1-5H3,(H,37,41)(H,38,42);1-2H3/b9-6+;/t22-,23?,24?,29?,30?;/m1./s1. The van der Waals surface area contributed by atoms with E-state index < -0.39 is 41.8 Å². The quantitative estimate of drug-likeness (QED) is 0.395. The molecule has 2 fully saturated rings. The SMILES string of the molecule is CC.CC1NC(=O)C(C(C)C)OC(=O)C(CCC2(C)OCCO2)C/C=C/c2cc3cc(ccc3cn2)[C@@H](C)NC(=O)C2CCCN(N2)C1=O. The van der Waals surface area contributed by atoms with Gasteiger partial charge in [-0.3, -0.25) is 29.2 Å². The summed E-state index contributed by atoms with van der Waals surface area (Å²) < 4.78 is 17.4. The van der Waals surface area contributed by atoms with Gasteiger partial charge in [0.2, 0.25) is 5.91 Å². The van der Waals surface area contributed by atoms with Gasteiger partial charge in [0.25, 0.3) is 11.8 Å². The molecule has 2 saturated heterocycles. The number of nitrogens with zero attached hydrogens (tertiary/aromatic N) is 2. The van der Waals surface area contributed by atoms with Crippen molar-refractivity contribution in [2.24, 2.45) is 11.8 Å². The van der Waals surface area contributed by atoms with Crippen LogP contribution in [0.15, 0.2) is 36.5 Å². The summed E-state index contributed by atoms with van der Waals surface area (Å²) in [4.78, 5) is 58.4. The monoisotopic (exact) mass is 679 g/mol. The number of hydrogen-bond acceptors (Lipinski definition) is 9. The third-order valence-corrected chi connectivity index (χ3v) is 9.12. The summed E-state index contributed by atoms with van der Waals surface area (Å²) in [5.74, 6) is -3.38. The van der Waals surface area contributed by atoms with Crippen LogP contribution in [0.3, 0.4) is 0 Å². The molecule has 1 aromatic carbocycles. The normalized spacial score (nSPS) is 27.4. The van der Waals surface area contributed by atoms with Crippen LogP contribution in [0, 0.1) is 11.8 Å². The van der Waals surface area contributed by atoms with Crippen LogP contribution in [-0.2, 0) is 33.4 Å². The highest BCUT2D eigenvalue weighted by molar-refractivity contribution is 5.91. The van der Waals surface area contributed by atoms with Gasteiger partial charge in [-0.2, -0.15) is 0 Å². The van der Waals surface area contributed by atoms with E-state index in [1.807, 2.05) is 64.1 Å². The number of carbonyl (C=O) groups is 4. The van der Waals surface area contributed by atoms with Gasteiger partial charge in [-0.05, 0) is 81.5 Å². The van der Waals surface area contributed by atoms with Gasteiger partial charge in [-0.15, -0.1) is 0 Å². The first-order valence-corrected chi connectivity index (χ1v) is 17.7. The fraction of sp³-hybridized carbons (Fsp3) is 0.595. The van der Waals surface area contributed by atoms with Crippen LogP contribution >= 0.6 is 0 Å². The number of amides is 3. The number of esters is 1. The first-order chi connectivity index (χ1) is 23.4. The molecule has 4 unspecified atom stereocenters. The number of allylic oxidation sites excluding steroid dienone is 1. The van der Waals surface area contributed by atoms with Crippen LogP contribution in [-0.4, -0.2) is 77.4 Å². The highest BCUT2D eigenvalue weighted by atomic mass is 16.7. The van der Waals surface area contributed by atoms with E-state index in [4.69, 9.17) is 14.2 Å². The van der Waals surface area contributed by atoms with Crippen molar-refractivity contribution < 1.29 is 33.4 Å². The molecule has 5 rings (SSSR count). The van der Waals surface area contributed by atoms with E-state index in [0.29, 0.717) is 51.9 Å². The van der Waals surface area contributed by atoms with Crippen LogP contribution in [0.2, 0.25) is 0 Å². The van der Waals surface area contributed by atoms with Crippen LogP contribution < -0.4 is 16.1 Å². The Morgan fingerprint density at radius 1 is 0.980 bits per heavy atom. The zero-order valence-corrected chi connectivity index (χ0v) is 29.9. The number of fused-ring (bicyclic) bond motifs is 4. The van der Waals surface area contributed by atoms with E-state index in [1.165, 1.54) is 5.01 Å². The number of aromatic nitrogens is 1. The average molecular weight is 680 g/mol. The Kier molecular flexibility index (Phi) is 13.3. The Hall–Kier alpha value is -3.87. The van der Waals surface area contributed by atoms with Crippen molar-refractivity contribution in [2.75, 3.05) is 19.8 Å². The first-order valence-electron chi connectivity index (χ1n) is 17.7. The van der Waals surface area contributed by atoms with Crippen molar-refractivity contribution in [3.8, 4) is 0 Å². The number of pyridine rings is 1. The molecule has 0 spiro atoms. The van der Waals surface area contributed by atoms with Gasteiger partial charge >= 0.3 is 5.97 Å². The second kappa shape index (κ2) is 17.2. The van der Waals surface area contributed by atoms with E-state index in [0.717, 1.165) is 22.0 Å². The van der Waals surface area contributed by atoms with Crippen LogP contribution in [0.4, 0.5) is 0 Å². The van der Waals surface area contributed by atoms with Gasteiger partial charge in [0.05, 0.1) is 30.9 Å². The summed E-state index contributed by atoms with van der Waals surface area (Å²) in [5.41, 5.74) is 4.71. The van der Waals surface area contributed by atoms with Gasteiger partial charge < -0.3 is 24.8 Å². The molecule has 0 aliphatic carbocycles. The highest BCUT2D eigenvalue weighted by Crippen LogP contribution is 2.29. The van der Waals surface area contributed by atoms with Crippen LogP contribution in [0.25, 0.3) is 16.8 Å². The number of ether oxygens (including phenoxy) is 3. The molecule has 0 radical (unpaired) electrons. The van der Waals surface area contributed by atoms with Crippen molar-refractivity contribution in [3.63, 3.8) is 0 Å². The van der Waals surface area contributed by atoms with E-state index in [9.17, 15) is 19.2 Å². The highest BCUT2D eigenvalue weighted by Gasteiger charge is 2.36. The van der Waals surface area contributed by atoms with Gasteiger partial charge in [-0.25, -0.2) is 5.43 Å². The second-order valence-electron chi connectivity index (χ2n) is 13.3. The van der Waals surface area contributed by atoms with Gasteiger partial charge in [-0.1, -0.05) is 45.9 Å². The minimum atomic E-state index is -1.11. The maximum atomic E-state index is 13.7. The minimum Gasteiger partial charge on any atom is -0.452 e. The molecule has 2 aromatic rings. The van der Waals surface area contributed by atoms with E-state index in [1.54, 1.807) is 27.0 Å². The Morgan fingerprint density at radius 3 is 2.41 bits per heavy atom. The smallest absolute Gasteiger partial charge is 0.310 e. The Bertz CT molecular complexity index is 1510. The number of cyclic esters (lactones) is 1. The number of hydrogen-bond donors (Lipinski definition) is 3. The maximum absolute atomic E-state index is 13.7. The lowest BCUT2D eigenvalue weighted by Gasteiger charge is -2.35. The fourth-order valence-electron chi connectivity index (χ4n) is 6.20. The third kappa shape index (κ3) is 9.86. The summed E-state index contributed by atoms with van der Waals surface area (Å²) >= 11 is 0. The molecule has 5 bridgehead atoms. The van der Waals surface area contributed by atoms with E-state index in [-0.39, 0.29) is 23.8 Å². The molecule has 3 amide bonds. The number of carbonyl (C=O) groups excluding carboxylic acids is 4. The minimum absolute atomic E-state index is 0.214. The first kappa shape index (κ1) is 37.9. The molecule has 3 aliphatic rings. The van der Waals surface area contributed by atoms with E-state index >= 15 is 0 Å². The number of hydrazine groups is 1. The molecule has 4 heterocycles. The summed E-state index contributed by atoms with van der Waals surface area (Å²) in [6.07, 6.45) is 6.87. The molecule has 12 nitrogen and oxygen atoms in total. The van der Waals surface area contributed by atoms with Crippen molar-refractivity contribution in [1.82, 2.24) is 26.1 Å². The average Bonchev–Trinajstić information content (AvgIpc) is 3.54. The Balaban J connectivity index is 0.00000265. The topological polar surface area (TPSA) is 148 Å². The largest absolute Gasteiger partial charge is 0.452 e. The third-order valence-electron chi connectivity index (χ3n) is 9.12. The van der Waals surface area contributed by atoms with Crippen molar-refractivity contribution in [1.29, 1.82) is 0 Å². The number of benzene rings is 1. The zero-order valence-electron chi connectivity index (χ0n) is 29.9. The molecule has 3 N–H and O–H groups in total. The van der Waals surface area contributed by atoms with Crippen LogP contribution in [0.1, 0.15) is 97.9 Å². The summed E-state index contributed by atoms with van der Waals surface area (Å²) in [6.45, 7) is 14.3. The lowest BCUT2D eigenvalue weighted by molar-refractivity contribution is -0.167. The molecule has 1 aromatic heterocycles. The predicted molar refractivity (Wildman–Crippen MR) is 187 cm³/mol. The fourth-order valence-corrected chi connectivity index (χ4v) is 6.20. The lowest BCUT2D eigenvalue weighted by atomic mass is 9.95. The maximum Gasteiger partial charge on any atom is 0.310 e. The summed E-state index contributed by atoms with van der Waals surface area (Å²) in [7, 11) is 0. The van der Waals surface area contributed by atoms with Gasteiger partial charge in [0.15, 0.2) is 11.9 Å². The lowest BCUT2D eigenvalue weighted by Crippen LogP contribution is -2.61. The summed E-state index contributed by atoms with van der Waals surface area (Å²) in [5, 5.41) is 9.14. The molecule has 3 aliphatic heterocycles. The van der Waals surface area contributed by atoms with Crippen molar-refractivity contribution >= 4 is 40.5 Å². The predicted octanol–water partition coefficient (Wildman–Crippen LogP) is 4.58. The molecular weight excluding hydrogens is 626 g/mol. The number of rotatable bonds is 4. The second-order valence-corrected chi connectivity index (χ2v) is 13.3. The molecule has 268 valence electrons. The Labute approximate surface area is 289 Å². The molecular formula is C37H53N5O7. The number of nitrogens with one attached hydrogen (secondary N) is 3. The van der Waals surface area contributed by atoms with E-state index in [2.05, 4.69) is 21.0 Å². The molecule has 12 heteroatoms. The molecule has 0 saturated carbocycles. The van der Waals surface area contributed by atoms with Gasteiger partial charge in [0, 0.05) is 24.5 Å². The van der Waals surface area contributed by atoms with Crippen molar-refractivity contribution in [3.05, 3.63) is 47.8 Å². The zero-order chi connectivity index (χ0) is 35.7. The van der Waals surface area contributed by atoms with Crippen LogP contribution in [0.5, 0.6) is 0 Å². The molecule has 49 heavy (non-hydrogen) atoms. The Morgan fingerprint density at radius 2 is 1.69 bits per heavy atom. The van der Waals surface area contributed by atoms with Crippen molar-refractivity contribution in [2.45, 2.75) is 111 Å². The summed E-state index contributed by atoms with van der Waals surface area (Å²) in [6, 6.07) is 6.14.